The topological polar surface area (TPSA) is 17.1 Å². The molecule has 1 aromatic rings. The number of ketones is 1. The standard InChI is InChI=1S/C14H18OS/c15-12(8-10-4-1-2-5-10)14-9-11-6-3-7-13(11)16-14/h9-10H,1-8H2. The minimum absolute atomic E-state index is 0.409. The van der Waals surface area contributed by atoms with Gasteiger partial charge in [-0.15, -0.1) is 11.3 Å². The van der Waals surface area contributed by atoms with E-state index in [-0.39, 0.29) is 0 Å². The van der Waals surface area contributed by atoms with Crippen molar-refractivity contribution < 1.29 is 4.79 Å². The summed E-state index contributed by atoms with van der Waals surface area (Å²) in [7, 11) is 0. The van der Waals surface area contributed by atoms with E-state index in [1.54, 1.807) is 11.3 Å². The van der Waals surface area contributed by atoms with Crippen molar-refractivity contribution in [3.63, 3.8) is 0 Å². The molecule has 1 nitrogen and oxygen atoms in total. The van der Waals surface area contributed by atoms with Crippen molar-refractivity contribution in [1.29, 1.82) is 0 Å². The second-order valence-corrected chi connectivity index (χ2v) is 6.33. The molecular weight excluding hydrogens is 216 g/mol. The second kappa shape index (κ2) is 4.33. The van der Waals surface area contributed by atoms with Gasteiger partial charge < -0.3 is 0 Å². The third-order valence-corrected chi connectivity index (χ3v) is 5.25. The van der Waals surface area contributed by atoms with Gasteiger partial charge in [0, 0.05) is 11.3 Å². The highest BCUT2D eigenvalue weighted by Crippen LogP contribution is 2.34. The van der Waals surface area contributed by atoms with Crippen LogP contribution in [-0.4, -0.2) is 5.78 Å². The van der Waals surface area contributed by atoms with Crippen LogP contribution >= 0.6 is 11.3 Å². The van der Waals surface area contributed by atoms with Gasteiger partial charge in [0.25, 0.3) is 0 Å². The second-order valence-electron chi connectivity index (χ2n) is 5.19. The molecule has 3 rings (SSSR count). The predicted octanol–water partition coefficient (Wildman–Crippen LogP) is 4.00. The largest absolute Gasteiger partial charge is 0.293 e. The highest BCUT2D eigenvalue weighted by molar-refractivity contribution is 7.14. The Labute approximate surface area is 101 Å². The van der Waals surface area contributed by atoms with Crippen LogP contribution in [0.25, 0.3) is 0 Å². The van der Waals surface area contributed by atoms with E-state index in [4.69, 9.17) is 0 Å². The number of carbonyl (C=O) groups is 1. The Morgan fingerprint density at radius 3 is 2.81 bits per heavy atom. The summed E-state index contributed by atoms with van der Waals surface area (Å²) < 4.78 is 0. The zero-order chi connectivity index (χ0) is 11.0. The average Bonchev–Trinajstić information content (AvgIpc) is 2.91. The summed E-state index contributed by atoms with van der Waals surface area (Å²) in [5, 5.41) is 0. The summed E-state index contributed by atoms with van der Waals surface area (Å²) in [6.45, 7) is 0. The van der Waals surface area contributed by atoms with Crippen LogP contribution < -0.4 is 0 Å². The third kappa shape index (κ3) is 1.95. The number of aryl methyl sites for hydroxylation is 2. The average molecular weight is 234 g/mol. The van der Waals surface area contributed by atoms with Crippen molar-refractivity contribution in [3.05, 3.63) is 21.4 Å². The van der Waals surface area contributed by atoms with Crippen LogP contribution in [0.15, 0.2) is 6.07 Å². The van der Waals surface area contributed by atoms with Gasteiger partial charge in [-0.2, -0.15) is 0 Å². The molecule has 1 heterocycles. The van der Waals surface area contributed by atoms with E-state index in [1.807, 2.05) is 0 Å². The fourth-order valence-corrected chi connectivity index (χ4v) is 4.25. The van der Waals surface area contributed by atoms with Crippen molar-refractivity contribution in [1.82, 2.24) is 0 Å². The summed E-state index contributed by atoms with van der Waals surface area (Å²) in [6.07, 6.45) is 9.71. The molecule has 0 aliphatic heterocycles. The molecule has 0 saturated heterocycles. The minimum Gasteiger partial charge on any atom is -0.293 e. The van der Waals surface area contributed by atoms with Crippen molar-refractivity contribution >= 4 is 17.1 Å². The lowest BCUT2D eigenvalue weighted by molar-refractivity contribution is 0.0966. The summed E-state index contributed by atoms with van der Waals surface area (Å²) >= 11 is 1.76. The molecule has 0 aromatic carbocycles. The van der Waals surface area contributed by atoms with E-state index in [0.717, 1.165) is 11.3 Å². The SMILES string of the molecule is O=C(CC1CCCC1)c1cc2c(s1)CCC2. The summed E-state index contributed by atoms with van der Waals surface area (Å²) in [4.78, 5) is 14.6. The van der Waals surface area contributed by atoms with Gasteiger partial charge >= 0.3 is 0 Å². The predicted molar refractivity (Wildman–Crippen MR) is 67.2 cm³/mol. The van der Waals surface area contributed by atoms with Gasteiger partial charge in [-0.25, -0.2) is 0 Å². The van der Waals surface area contributed by atoms with Crippen LogP contribution in [0, 0.1) is 5.92 Å². The van der Waals surface area contributed by atoms with Gasteiger partial charge in [0.2, 0.25) is 0 Å². The Hall–Kier alpha value is -0.630. The molecule has 0 amide bonds. The molecule has 0 unspecified atom stereocenters. The van der Waals surface area contributed by atoms with Crippen molar-refractivity contribution in [2.24, 2.45) is 5.92 Å². The number of rotatable bonds is 3. The maximum atomic E-state index is 12.1. The Morgan fingerprint density at radius 2 is 2.06 bits per heavy atom. The number of hydrogen-bond acceptors (Lipinski definition) is 2. The molecule has 0 N–H and O–H groups in total. The zero-order valence-corrected chi connectivity index (χ0v) is 10.4. The fourth-order valence-electron chi connectivity index (χ4n) is 3.04. The maximum absolute atomic E-state index is 12.1. The van der Waals surface area contributed by atoms with E-state index in [1.165, 1.54) is 55.4 Å². The van der Waals surface area contributed by atoms with Crippen LogP contribution in [-0.2, 0) is 12.8 Å². The first-order valence-corrected chi connectivity index (χ1v) is 7.29. The quantitative estimate of drug-likeness (QED) is 0.722. The highest BCUT2D eigenvalue weighted by Gasteiger charge is 2.22. The maximum Gasteiger partial charge on any atom is 0.173 e. The lowest BCUT2D eigenvalue weighted by atomic mass is 10.0. The lowest BCUT2D eigenvalue weighted by Gasteiger charge is -2.05. The molecule has 2 heteroatoms. The van der Waals surface area contributed by atoms with Gasteiger partial charge in [-0.1, -0.05) is 25.7 Å². The molecule has 0 atom stereocenters. The molecule has 0 spiro atoms. The zero-order valence-electron chi connectivity index (χ0n) is 9.63. The highest BCUT2D eigenvalue weighted by atomic mass is 32.1. The van der Waals surface area contributed by atoms with E-state index in [0.29, 0.717) is 11.7 Å². The van der Waals surface area contributed by atoms with Crippen LogP contribution in [0.1, 0.15) is 58.6 Å². The summed E-state index contributed by atoms with van der Waals surface area (Å²) in [6, 6.07) is 2.17. The molecule has 0 bridgehead atoms. The van der Waals surface area contributed by atoms with Crippen LogP contribution in [0.2, 0.25) is 0 Å². The Bertz CT molecular complexity index is 377. The van der Waals surface area contributed by atoms with E-state index >= 15 is 0 Å². The smallest absolute Gasteiger partial charge is 0.173 e. The molecule has 1 saturated carbocycles. The van der Waals surface area contributed by atoms with Gasteiger partial charge in [-0.05, 0) is 36.8 Å². The van der Waals surface area contributed by atoms with E-state index in [9.17, 15) is 4.79 Å². The molecule has 2 aliphatic rings. The summed E-state index contributed by atoms with van der Waals surface area (Å²) in [5.41, 5.74) is 1.46. The Morgan fingerprint density at radius 1 is 1.25 bits per heavy atom. The normalized spacial score (nSPS) is 20.2. The van der Waals surface area contributed by atoms with Crippen LogP contribution in [0.3, 0.4) is 0 Å². The lowest BCUT2D eigenvalue weighted by Crippen LogP contribution is -2.04. The van der Waals surface area contributed by atoms with E-state index < -0.39 is 0 Å². The van der Waals surface area contributed by atoms with Crippen molar-refractivity contribution in [2.75, 3.05) is 0 Å². The number of thiophene rings is 1. The molecule has 86 valence electrons. The van der Waals surface area contributed by atoms with Gasteiger partial charge in [0.1, 0.15) is 0 Å². The number of carbonyl (C=O) groups excluding carboxylic acids is 1. The minimum atomic E-state index is 0.409. The molecule has 16 heavy (non-hydrogen) atoms. The molecular formula is C14H18OS. The number of hydrogen-bond donors (Lipinski definition) is 0. The van der Waals surface area contributed by atoms with Crippen LogP contribution in [0.4, 0.5) is 0 Å². The fraction of sp³-hybridized carbons (Fsp3) is 0.643. The van der Waals surface area contributed by atoms with Gasteiger partial charge in [0.05, 0.1) is 4.88 Å². The number of fused-ring (bicyclic) bond motifs is 1. The van der Waals surface area contributed by atoms with Crippen molar-refractivity contribution in [2.45, 2.75) is 51.4 Å². The Balaban J connectivity index is 1.69. The number of Topliss-reactive ketones (excluding diaryl/α,β-unsaturated/α-hetero) is 1. The van der Waals surface area contributed by atoms with Crippen molar-refractivity contribution in [3.8, 4) is 0 Å². The van der Waals surface area contributed by atoms with Gasteiger partial charge in [0.15, 0.2) is 5.78 Å². The van der Waals surface area contributed by atoms with Gasteiger partial charge in [-0.3, -0.25) is 4.79 Å². The molecule has 1 fully saturated rings. The first-order valence-electron chi connectivity index (χ1n) is 6.48. The molecule has 0 radical (unpaired) electrons. The van der Waals surface area contributed by atoms with Crippen LogP contribution in [0.5, 0.6) is 0 Å². The molecule has 2 aliphatic carbocycles. The van der Waals surface area contributed by atoms with E-state index in [2.05, 4.69) is 6.07 Å². The molecule has 1 aromatic heterocycles. The Kier molecular flexibility index (Phi) is 2.84. The first kappa shape index (κ1) is 10.5. The third-order valence-electron chi connectivity index (χ3n) is 3.97. The summed E-state index contributed by atoms with van der Waals surface area (Å²) in [5.74, 6) is 1.09. The monoisotopic (exact) mass is 234 g/mol. The first-order chi connectivity index (χ1) is 7.83.